The van der Waals surface area contributed by atoms with Crippen LogP contribution >= 0.6 is 0 Å². The van der Waals surface area contributed by atoms with Crippen LogP contribution < -0.4 is 9.47 Å². The molecule has 3 rings (SSSR count). The van der Waals surface area contributed by atoms with Gasteiger partial charge in [0.2, 0.25) is 0 Å². The highest BCUT2D eigenvalue weighted by Crippen LogP contribution is 2.29. The molecule has 0 aliphatic carbocycles. The van der Waals surface area contributed by atoms with Crippen LogP contribution in [0.2, 0.25) is 0 Å². The summed E-state index contributed by atoms with van der Waals surface area (Å²) in [6.45, 7) is 6.70. The largest absolute Gasteiger partial charge is 0.491 e. The summed E-state index contributed by atoms with van der Waals surface area (Å²) in [6.07, 6.45) is 0.682. The second kappa shape index (κ2) is 8.37. The average molecular weight is 342 g/mol. The van der Waals surface area contributed by atoms with E-state index >= 15 is 0 Å². The Labute approximate surface area is 149 Å². The van der Waals surface area contributed by atoms with Gasteiger partial charge in [-0.3, -0.25) is 0 Å². The van der Waals surface area contributed by atoms with Gasteiger partial charge in [0.1, 0.15) is 23.7 Å². The highest BCUT2D eigenvalue weighted by atomic mass is 16.7. The zero-order valence-electron chi connectivity index (χ0n) is 15.1. The molecule has 1 heterocycles. The van der Waals surface area contributed by atoms with Crippen molar-refractivity contribution in [3.63, 3.8) is 0 Å². The first-order chi connectivity index (χ1) is 12.2. The van der Waals surface area contributed by atoms with Gasteiger partial charge in [-0.05, 0) is 44.5 Å². The van der Waals surface area contributed by atoms with E-state index in [2.05, 4.69) is 13.8 Å². The van der Waals surface area contributed by atoms with Crippen molar-refractivity contribution in [2.75, 3.05) is 6.61 Å². The molecule has 0 saturated carbocycles. The Morgan fingerprint density at radius 1 is 0.960 bits per heavy atom. The molecule has 1 aliphatic heterocycles. The fourth-order valence-corrected chi connectivity index (χ4v) is 2.65. The third-order valence-corrected chi connectivity index (χ3v) is 4.36. The highest BCUT2D eigenvalue weighted by Gasteiger charge is 2.32. The van der Waals surface area contributed by atoms with Gasteiger partial charge in [0.25, 0.3) is 0 Å². The molecule has 1 saturated heterocycles. The summed E-state index contributed by atoms with van der Waals surface area (Å²) in [5.41, 5.74) is 1.03. The lowest BCUT2D eigenvalue weighted by atomic mass is 10.2. The Morgan fingerprint density at radius 2 is 1.60 bits per heavy atom. The molecule has 25 heavy (non-hydrogen) atoms. The molecule has 4 unspecified atom stereocenters. The van der Waals surface area contributed by atoms with Gasteiger partial charge in [0.05, 0.1) is 12.7 Å². The molecule has 0 N–H and O–H groups in total. The summed E-state index contributed by atoms with van der Waals surface area (Å²) < 4.78 is 23.6. The van der Waals surface area contributed by atoms with Crippen molar-refractivity contribution >= 4 is 0 Å². The second-order valence-electron chi connectivity index (χ2n) is 6.38. The molecule has 1 aliphatic rings. The molecule has 2 aromatic carbocycles. The van der Waals surface area contributed by atoms with Crippen molar-refractivity contribution in [2.45, 2.75) is 51.8 Å². The first kappa shape index (κ1) is 17.8. The summed E-state index contributed by atoms with van der Waals surface area (Å²) in [5, 5.41) is 0. The van der Waals surface area contributed by atoms with Gasteiger partial charge in [0, 0.05) is 5.56 Å². The van der Waals surface area contributed by atoms with Crippen molar-refractivity contribution in [2.24, 2.45) is 0 Å². The summed E-state index contributed by atoms with van der Waals surface area (Å²) in [6, 6.07) is 17.7. The first-order valence-corrected chi connectivity index (χ1v) is 8.91. The highest BCUT2D eigenvalue weighted by molar-refractivity contribution is 5.31. The molecule has 2 aromatic rings. The molecule has 4 heteroatoms. The smallest absolute Gasteiger partial charge is 0.184 e. The minimum Gasteiger partial charge on any atom is -0.491 e. The first-order valence-electron chi connectivity index (χ1n) is 8.91. The monoisotopic (exact) mass is 342 g/mol. The Balaban J connectivity index is 1.53. The van der Waals surface area contributed by atoms with Crippen LogP contribution in [-0.2, 0) is 9.47 Å². The summed E-state index contributed by atoms with van der Waals surface area (Å²) >= 11 is 0. The van der Waals surface area contributed by atoms with E-state index in [9.17, 15) is 0 Å². The van der Waals surface area contributed by atoms with Gasteiger partial charge < -0.3 is 18.9 Å². The van der Waals surface area contributed by atoms with Crippen molar-refractivity contribution in [1.82, 2.24) is 0 Å². The maximum absolute atomic E-state index is 6.01. The van der Waals surface area contributed by atoms with E-state index in [4.69, 9.17) is 18.9 Å². The summed E-state index contributed by atoms with van der Waals surface area (Å²) in [4.78, 5) is 0. The Morgan fingerprint density at radius 3 is 2.24 bits per heavy atom. The number of benzene rings is 2. The third kappa shape index (κ3) is 4.74. The predicted octanol–water partition coefficient (Wildman–Crippen LogP) is 4.75. The van der Waals surface area contributed by atoms with Crippen LogP contribution in [0.5, 0.6) is 11.5 Å². The molecule has 4 nitrogen and oxygen atoms in total. The molecular formula is C21H26O4. The number of hydrogen-bond acceptors (Lipinski definition) is 4. The molecule has 4 atom stereocenters. The van der Waals surface area contributed by atoms with Gasteiger partial charge in [0.15, 0.2) is 6.29 Å². The third-order valence-electron chi connectivity index (χ3n) is 4.36. The molecule has 0 aromatic heterocycles. The lowest BCUT2D eigenvalue weighted by Gasteiger charge is -2.20. The number of rotatable bonds is 7. The Bertz CT molecular complexity index is 641. The van der Waals surface area contributed by atoms with Crippen LogP contribution in [0.1, 0.15) is 39.0 Å². The van der Waals surface area contributed by atoms with Crippen molar-refractivity contribution in [3.05, 3.63) is 60.2 Å². The minimum atomic E-state index is -0.316. The molecule has 134 valence electrons. The molecule has 0 bridgehead atoms. The van der Waals surface area contributed by atoms with Crippen LogP contribution in [0.3, 0.4) is 0 Å². The van der Waals surface area contributed by atoms with E-state index < -0.39 is 0 Å². The van der Waals surface area contributed by atoms with Gasteiger partial charge in [-0.1, -0.05) is 37.3 Å². The molecule has 1 fully saturated rings. The van der Waals surface area contributed by atoms with E-state index in [1.165, 1.54) is 0 Å². The van der Waals surface area contributed by atoms with Gasteiger partial charge in [-0.2, -0.15) is 0 Å². The minimum absolute atomic E-state index is 0.0961. The Hall–Kier alpha value is -2.04. The van der Waals surface area contributed by atoms with Crippen LogP contribution in [-0.4, -0.2) is 24.9 Å². The van der Waals surface area contributed by atoms with Gasteiger partial charge in [-0.15, -0.1) is 0 Å². The van der Waals surface area contributed by atoms with Crippen LogP contribution in [0, 0.1) is 0 Å². The summed E-state index contributed by atoms with van der Waals surface area (Å²) in [7, 11) is 0. The van der Waals surface area contributed by atoms with Gasteiger partial charge in [-0.25, -0.2) is 0 Å². The SMILES string of the molecule is CCC(C)Oc1ccc(OC(C)C2COC(c3ccccc3)O2)cc1. The zero-order chi connectivity index (χ0) is 17.6. The van der Waals surface area contributed by atoms with Crippen molar-refractivity contribution < 1.29 is 18.9 Å². The fourth-order valence-electron chi connectivity index (χ4n) is 2.65. The van der Waals surface area contributed by atoms with E-state index in [1.807, 2.05) is 61.5 Å². The quantitative estimate of drug-likeness (QED) is 0.728. The maximum atomic E-state index is 6.01. The lowest BCUT2D eigenvalue weighted by molar-refractivity contribution is -0.0766. The van der Waals surface area contributed by atoms with E-state index in [-0.39, 0.29) is 24.6 Å². The van der Waals surface area contributed by atoms with Crippen LogP contribution in [0.4, 0.5) is 0 Å². The standard InChI is InChI=1S/C21H26O4/c1-4-15(2)23-18-10-12-19(13-11-18)24-16(3)20-14-22-21(25-20)17-8-6-5-7-9-17/h5-13,15-16,20-21H,4,14H2,1-3H3. The van der Waals surface area contributed by atoms with Crippen molar-refractivity contribution in [1.29, 1.82) is 0 Å². The zero-order valence-corrected chi connectivity index (χ0v) is 15.1. The van der Waals surface area contributed by atoms with Crippen molar-refractivity contribution in [3.8, 4) is 11.5 Å². The predicted molar refractivity (Wildman–Crippen MR) is 96.9 cm³/mol. The van der Waals surface area contributed by atoms with E-state index in [0.29, 0.717) is 6.61 Å². The van der Waals surface area contributed by atoms with E-state index in [0.717, 1.165) is 23.5 Å². The van der Waals surface area contributed by atoms with E-state index in [1.54, 1.807) is 0 Å². The Kier molecular flexibility index (Phi) is 5.95. The summed E-state index contributed by atoms with van der Waals surface area (Å²) in [5.74, 6) is 1.66. The number of hydrogen-bond donors (Lipinski definition) is 0. The maximum Gasteiger partial charge on any atom is 0.184 e. The molecular weight excluding hydrogens is 316 g/mol. The lowest BCUT2D eigenvalue weighted by Crippen LogP contribution is -2.30. The second-order valence-corrected chi connectivity index (χ2v) is 6.38. The number of ether oxygens (including phenoxy) is 4. The fraction of sp³-hybridized carbons (Fsp3) is 0.429. The molecule has 0 radical (unpaired) electrons. The molecule has 0 amide bonds. The molecule has 0 spiro atoms. The van der Waals surface area contributed by atoms with Gasteiger partial charge >= 0.3 is 0 Å². The normalized spacial score (nSPS) is 22.4. The topological polar surface area (TPSA) is 36.9 Å². The average Bonchev–Trinajstić information content (AvgIpc) is 3.14. The van der Waals surface area contributed by atoms with Crippen LogP contribution in [0.25, 0.3) is 0 Å². The van der Waals surface area contributed by atoms with Crippen LogP contribution in [0.15, 0.2) is 54.6 Å².